The molecular weight excluding hydrogens is 515 g/mol. The zero-order valence-corrected chi connectivity index (χ0v) is 21.9. The number of rotatable bonds is 8. The summed E-state index contributed by atoms with van der Waals surface area (Å²) in [5, 5.41) is 10.9. The lowest BCUT2D eigenvalue weighted by molar-refractivity contribution is 0.511. The molecule has 192 valence electrons. The molecule has 1 aliphatic rings. The van der Waals surface area contributed by atoms with Gasteiger partial charge < -0.3 is 16.0 Å². The van der Waals surface area contributed by atoms with Gasteiger partial charge in [-0.2, -0.15) is 0 Å². The van der Waals surface area contributed by atoms with Crippen molar-refractivity contribution in [2.24, 2.45) is 0 Å². The second kappa shape index (κ2) is 10.2. The van der Waals surface area contributed by atoms with Crippen molar-refractivity contribution >= 4 is 49.8 Å². The maximum Gasteiger partial charge on any atom is 0.223 e. The van der Waals surface area contributed by atoms with Crippen molar-refractivity contribution < 1.29 is 12.8 Å². The fraction of sp³-hybridized carbons (Fsp3) is 0.269. The third-order valence-corrected chi connectivity index (χ3v) is 8.60. The number of pyridine rings is 1. The van der Waals surface area contributed by atoms with Crippen LogP contribution in [0.2, 0.25) is 5.02 Å². The number of benzene rings is 2. The van der Waals surface area contributed by atoms with Crippen molar-refractivity contribution in [2.75, 3.05) is 22.1 Å². The molecule has 0 amide bonds. The van der Waals surface area contributed by atoms with E-state index in [2.05, 4.69) is 30.9 Å². The van der Waals surface area contributed by atoms with E-state index in [4.69, 9.17) is 11.6 Å². The predicted molar refractivity (Wildman–Crippen MR) is 145 cm³/mol. The molecule has 3 heterocycles. The second-order valence-electron chi connectivity index (χ2n) is 9.26. The third kappa shape index (κ3) is 5.82. The minimum absolute atomic E-state index is 0.0193. The highest BCUT2D eigenvalue weighted by atomic mass is 35.5. The van der Waals surface area contributed by atoms with Crippen LogP contribution < -0.4 is 16.0 Å². The van der Waals surface area contributed by atoms with Gasteiger partial charge in [-0.25, -0.2) is 27.8 Å². The van der Waals surface area contributed by atoms with Crippen LogP contribution in [0.4, 0.5) is 21.8 Å². The Hall–Kier alpha value is -3.34. The van der Waals surface area contributed by atoms with Gasteiger partial charge in [0.1, 0.15) is 11.6 Å². The van der Waals surface area contributed by atoms with Crippen LogP contribution in [0, 0.1) is 12.7 Å². The highest BCUT2D eigenvalue weighted by molar-refractivity contribution is 7.92. The quantitative estimate of drug-likeness (QED) is 0.289. The van der Waals surface area contributed by atoms with Crippen LogP contribution >= 0.6 is 11.6 Å². The average molecular weight is 541 g/mol. The molecule has 3 N–H and O–H groups in total. The van der Waals surface area contributed by atoms with E-state index in [1.54, 1.807) is 24.5 Å². The lowest BCUT2D eigenvalue weighted by Gasteiger charge is -2.26. The maximum absolute atomic E-state index is 15.0. The first kappa shape index (κ1) is 25.3. The smallest absolute Gasteiger partial charge is 0.223 e. The molecule has 1 aliphatic heterocycles. The van der Waals surface area contributed by atoms with Gasteiger partial charge in [0.15, 0.2) is 9.84 Å². The first-order valence-corrected chi connectivity index (χ1v) is 14.0. The van der Waals surface area contributed by atoms with Crippen molar-refractivity contribution in [3.05, 3.63) is 82.4 Å². The van der Waals surface area contributed by atoms with Crippen LogP contribution in [0.15, 0.2) is 54.9 Å². The molecule has 4 aromatic rings. The molecule has 0 aliphatic carbocycles. The van der Waals surface area contributed by atoms with Crippen molar-refractivity contribution in [1.82, 2.24) is 20.3 Å². The van der Waals surface area contributed by atoms with Crippen molar-refractivity contribution in [2.45, 2.75) is 32.5 Å². The Bertz CT molecular complexity index is 1550. The summed E-state index contributed by atoms with van der Waals surface area (Å²) in [5.74, 6) is 0.840. The number of hydrogen-bond acceptors (Lipinski definition) is 8. The predicted octanol–water partition coefficient (Wildman–Crippen LogP) is 4.93. The molecule has 0 radical (unpaired) electrons. The Morgan fingerprint density at radius 1 is 1.11 bits per heavy atom. The van der Waals surface area contributed by atoms with E-state index in [0.29, 0.717) is 34.5 Å². The van der Waals surface area contributed by atoms with Gasteiger partial charge in [0, 0.05) is 35.9 Å². The zero-order chi connectivity index (χ0) is 26.2. The summed E-state index contributed by atoms with van der Waals surface area (Å²) in [6.07, 6.45) is 3.36. The van der Waals surface area contributed by atoms with Gasteiger partial charge in [0.2, 0.25) is 5.95 Å². The largest absolute Gasteiger partial charge is 0.348 e. The van der Waals surface area contributed by atoms with Crippen LogP contribution in [0.1, 0.15) is 29.7 Å². The highest BCUT2D eigenvalue weighted by Crippen LogP contribution is 2.29. The standard InChI is InChI=1S/C26H26ClFN6O2S/c1-15-3-4-18-6-8-23(34-25(18)24(15)27)33-22-7-5-19(9-21(22)28)16(2)32-26-30-11-17(12-31-26)10-29-20-13-37(35,36)14-20/h3-9,11-12,16,20,29H,10,13-14H2,1-2H3,(H,33,34)(H,30,31,32)/t16-/m0/s1. The van der Waals surface area contributed by atoms with Gasteiger partial charge in [-0.05, 0) is 49.2 Å². The molecule has 8 nitrogen and oxygen atoms in total. The first-order valence-electron chi connectivity index (χ1n) is 11.8. The molecule has 37 heavy (non-hydrogen) atoms. The number of aromatic nitrogens is 3. The summed E-state index contributed by atoms with van der Waals surface area (Å²) in [6, 6.07) is 12.3. The van der Waals surface area contributed by atoms with Gasteiger partial charge >= 0.3 is 0 Å². The summed E-state index contributed by atoms with van der Waals surface area (Å²) >= 11 is 6.40. The highest BCUT2D eigenvalue weighted by Gasteiger charge is 2.32. The monoisotopic (exact) mass is 540 g/mol. The number of aryl methyl sites for hydroxylation is 1. The SMILES string of the molecule is Cc1ccc2ccc(Nc3ccc([C@H](C)Nc4ncc(CNC5CS(=O)(=O)C5)cn4)cc3F)nc2c1Cl. The molecule has 11 heteroatoms. The normalized spacial score (nSPS) is 15.8. The third-order valence-electron chi connectivity index (χ3n) is 6.31. The maximum atomic E-state index is 15.0. The molecule has 1 fully saturated rings. The number of halogens is 2. The van der Waals surface area contributed by atoms with Crippen LogP contribution in [0.3, 0.4) is 0 Å². The molecule has 1 saturated heterocycles. The number of nitrogens with zero attached hydrogens (tertiary/aromatic N) is 3. The molecule has 0 saturated carbocycles. The van der Waals surface area contributed by atoms with E-state index >= 15 is 0 Å². The molecule has 0 bridgehead atoms. The van der Waals surface area contributed by atoms with E-state index in [-0.39, 0.29) is 23.6 Å². The van der Waals surface area contributed by atoms with Gasteiger partial charge in [-0.3, -0.25) is 0 Å². The Kier molecular flexibility index (Phi) is 6.98. The molecule has 2 aromatic heterocycles. The van der Waals surface area contributed by atoms with Crippen LogP contribution in [0.5, 0.6) is 0 Å². The van der Waals surface area contributed by atoms with Gasteiger partial charge in [-0.15, -0.1) is 0 Å². The molecule has 1 atom stereocenters. The van der Waals surface area contributed by atoms with E-state index in [0.717, 1.165) is 22.1 Å². The number of hydrogen-bond donors (Lipinski definition) is 3. The zero-order valence-electron chi connectivity index (χ0n) is 20.3. The molecule has 2 aromatic carbocycles. The summed E-state index contributed by atoms with van der Waals surface area (Å²) < 4.78 is 37.5. The van der Waals surface area contributed by atoms with E-state index in [1.807, 2.05) is 38.1 Å². The van der Waals surface area contributed by atoms with Gasteiger partial charge in [-0.1, -0.05) is 29.8 Å². The number of anilines is 3. The van der Waals surface area contributed by atoms with Crippen molar-refractivity contribution in [3.8, 4) is 0 Å². The number of nitrogens with one attached hydrogen (secondary N) is 3. The lowest BCUT2D eigenvalue weighted by atomic mass is 10.1. The van der Waals surface area contributed by atoms with Crippen LogP contribution in [-0.4, -0.2) is 40.9 Å². The summed E-state index contributed by atoms with van der Waals surface area (Å²) in [4.78, 5) is 13.2. The van der Waals surface area contributed by atoms with Crippen LogP contribution in [-0.2, 0) is 16.4 Å². The fourth-order valence-electron chi connectivity index (χ4n) is 4.11. The van der Waals surface area contributed by atoms with Gasteiger partial charge in [0.25, 0.3) is 0 Å². The van der Waals surface area contributed by atoms with Crippen molar-refractivity contribution in [3.63, 3.8) is 0 Å². The molecule has 5 rings (SSSR count). The topological polar surface area (TPSA) is 109 Å². The number of fused-ring (bicyclic) bond motifs is 1. The molecule has 0 spiro atoms. The minimum Gasteiger partial charge on any atom is -0.348 e. The summed E-state index contributed by atoms with van der Waals surface area (Å²) in [7, 11) is -2.86. The van der Waals surface area contributed by atoms with Gasteiger partial charge in [0.05, 0.1) is 33.8 Å². The Balaban J connectivity index is 1.21. The second-order valence-corrected chi connectivity index (χ2v) is 11.8. The summed E-state index contributed by atoms with van der Waals surface area (Å²) in [5.41, 5.74) is 3.48. The molecule has 0 unspecified atom stereocenters. The first-order chi connectivity index (χ1) is 17.7. The van der Waals surface area contributed by atoms with Crippen LogP contribution in [0.25, 0.3) is 10.9 Å². The number of sulfone groups is 1. The van der Waals surface area contributed by atoms with E-state index in [9.17, 15) is 12.8 Å². The fourth-order valence-corrected chi connectivity index (χ4v) is 5.68. The van der Waals surface area contributed by atoms with Crippen molar-refractivity contribution in [1.29, 1.82) is 0 Å². The van der Waals surface area contributed by atoms with E-state index < -0.39 is 15.7 Å². The minimum atomic E-state index is -2.86. The average Bonchev–Trinajstić information content (AvgIpc) is 2.86. The summed E-state index contributed by atoms with van der Waals surface area (Å²) in [6.45, 7) is 4.31. The Labute approximate surface area is 219 Å². The Morgan fingerprint density at radius 3 is 2.54 bits per heavy atom. The Morgan fingerprint density at radius 2 is 1.84 bits per heavy atom. The molecular formula is C26H26ClFN6O2S. The lowest BCUT2D eigenvalue weighted by Crippen LogP contribution is -2.50. The van der Waals surface area contributed by atoms with E-state index in [1.165, 1.54) is 6.07 Å².